The zero-order valence-corrected chi connectivity index (χ0v) is 14.2. The van der Waals surface area contributed by atoms with Crippen molar-refractivity contribution in [2.75, 3.05) is 21.9 Å². The molecule has 0 saturated carbocycles. The summed E-state index contributed by atoms with van der Waals surface area (Å²) < 4.78 is 26.7. The van der Waals surface area contributed by atoms with E-state index in [2.05, 4.69) is 4.72 Å². The van der Waals surface area contributed by atoms with Crippen molar-refractivity contribution in [3.63, 3.8) is 0 Å². The number of aryl methyl sites for hydroxylation is 1. The maximum absolute atomic E-state index is 12.1. The van der Waals surface area contributed by atoms with Gasteiger partial charge in [-0.05, 0) is 36.5 Å². The molecular weight excluding hydrogens is 300 g/mol. The number of carbonyl (C=O) groups is 1. The van der Waals surface area contributed by atoms with E-state index < -0.39 is 10.0 Å². The molecule has 1 aliphatic heterocycles. The van der Waals surface area contributed by atoms with Crippen molar-refractivity contribution in [2.45, 2.75) is 40.0 Å². The molecule has 122 valence electrons. The molecule has 0 bridgehead atoms. The van der Waals surface area contributed by atoms with Gasteiger partial charge in [-0.25, -0.2) is 8.42 Å². The second-order valence-corrected chi connectivity index (χ2v) is 7.89. The second-order valence-electron chi connectivity index (χ2n) is 6.12. The average molecular weight is 324 g/mol. The van der Waals surface area contributed by atoms with Crippen molar-refractivity contribution in [2.24, 2.45) is 5.92 Å². The number of fused-ring (bicyclic) bond motifs is 1. The summed E-state index contributed by atoms with van der Waals surface area (Å²) in [5, 5.41) is 0. The lowest BCUT2D eigenvalue weighted by Crippen LogP contribution is -2.35. The molecule has 1 heterocycles. The summed E-state index contributed by atoms with van der Waals surface area (Å²) in [7, 11) is -3.36. The lowest BCUT2D eigenvalue weighted by Gasteiger charge is -2.30. The van der Waals surface area contributed by atoms with Gasteiger partial charge in [0.2, 0.25) is 15.9 Å². The maximum atomic E-state index is 12.1. The van der Waals surface area contributed by atoms with Crippen LogP contribution in [0, 0.1) is 5.92 Å². The molecule has 0 atom stereocenters. The topological polar surface area (TPSA) is 66.5 Å². The molecule has 0 fully saturated rings. The summed E-state index contributed by atoms with van der Waals surface area (Å²) in [6.45, 7) is 6.27. The number of rotatable bonds is 5. The van der Waals surface area contributed by atoms with Crippen LogP contribution in [-0.4, -0.2) is 26.6 Å². The van der Waals surface area contributed by atoms with Crippen molar-refractivity contribution in [3.8, 4) is 0 Å². The first-order chi connectivity index (χ1) is 10.3. The summed E-state index contributed by atoms with van der Waals surface area (Å²) in [6.07, 6.45) is 2.31. The Bertz CT molecular complexity index is 653. The Hall–Kier alpha value is -1.56. The normalized spacial score (nSPS) is 14.8. The highest BCUT2D eigenvalue weighted by Crippen LogP contribution is 2.31. The Balaban J connectivity index is 2.28. The van der Waals surface area contributed by atoms with Crippen LogP contribution >= 0.6 is 0 Å². The number of carbonyl (C=O) groups excluding carboxylic acids is 1. The molecule has 0 aliphatic carbocycles. The van der Waals surface area contributed by atoms with Crippen LogP contribution in [0.25, 0.3) is 0 Å². The third kappa shape index (κ3) is 4.00. The molecule has 0 aromatic heterocycles. The van der Waals surface area contributed by atoms with Gasteiger partial charge in [-0.1, -0.05) is 26.8 Å². The monoisotopic (exact) mass is 324 g/mol. The van der Waals surface area contributed by atoms with Crippen molar-refractivity contribution in [3.05, 3.63) is 23.8 Å². The fourth-order valence-electron chi connectivity index (χ4n) is 2.75. The Morgan fingerprint density at radius 2 is 2.09 bits per heavy atom. The van der Waals surface area contributed by atoms with Crippen LogP contribution in [0.15, 0.2) is 18.2 Å². The predicted molar refractivity (Wildman–Crippen MR) is 89.7 cm³/mol. The van der Waals surface area contributed by atoms with Crippen LogP contribution in [0.2, 0.25) is 0 Å². The number of anilines is 2. The number of nitrogens with one attached hydrogen (secondary N) is 1. The number of hydrogen-bond donors (Lipinski definition) is 1. The van der Waals surface area contributed by atoms with Gasteiger partial charge < -0.3 is 4.90 Å². The number of hydrogen-bond acceptors (Lipinski definition) is 3. The van der Waals surface area contributed by atoms with Crippen LogP contribution in [0.4, 0.5) is 11.4 Å². The first-order valence-electron chi connectivity index (χ1n) is 7.76. The minimum atomic E-state index is -3.36. The molecule has 1 amide bonds. The molecular formula is C16H24N2O3S. The number of benzene rings is 1. The highest BCUT2D eigenvalue weighted by molar-refractivity contribution is 7.92. The molecule has 6 heteroatoms. The maximum Gasteiger partial charge on any atom is 0.232 e. The zero-order valence-electron chi connectivity index (χ0n) is 13.4. The molecule has 0 spiro atoms. The third-order valence-corrected chi connectivity index (χ3v) is 5.29. The Kier molecular flexibility index (Phi) is 5.11. The molecule has 2 rings (SSSR count). The molecule has 5 nitrogen and oxygen atoms in total. The molecule has 1 aliphatic rings. The molecule has 0 radical (unpaired) electrons. The SMILES string of the molecule is CCC(=O)N1CCCc2ccc(NS(=O)(=O)CC(C)C)cc21. The zero-order chi connectivity index (χ0) is 16.3. The Morgan fingerprint density at radius 1 is 1.36 bits per heavy atom. The van der Waals surface area contributed by atoms with E-state index in [0.717, 1.165) is 24.1 Å². The third-order valence-electron chi connectivity index (χ3n) is 3.63. The van der Waals surface area contributed by atoms with Crippen molar-refractivity contribution >= 4 is 27.3 Å². The van der Waals surface area contributed by atoms with E-state index in [1.807, 2.05) is 26.8 Å². The van der Waals surface area contributed by atoms with E-state index in [1.165, 1.54) is 0 Å². The minimum Gasteiger partial charge on any atom is -0.312 e. The van der Waals surface area contributed by atoms with Gasteiger partial charge in [0.15, 0.2) is 0 Å². The van der Waals surface area contributed by atoms with E-state index in [0.29, 0.717) is 18.7 Å². The van der Waals surface area contributed by atoms with Gasteiger partial charge in [0.05, 0.1) is 11.4 Å². The Morgan fingerprint density at radius 3 is 2.73 bits per heavy atom. The lowest BCUT2D eigenvalue weighted by atomic mass is 10.0. The summed E-state index contributed by atoms with van der Waals surface area (Å²) in [6, 6.07) is 5.47. The van der Waals surface area contributed by atoms with Gasteiger partial charge in [0, 0.05) is 18.7 Å². The van der Waals surface area contributed by atoms with Crippen LogP contribution in [0.1, 0.15) is 39.2 Å². The fraction of sp³-hybridized carbons (Fsp3) is 0.562. The van der Waals surface area contributed by atoms with Gasteiger partial charge in [-0.15, -0.1) is 0 Å². The average Bonchev–Trinajstić information content (AvgIpc) is 2.43. The van der Waals surface area contributed by atoms with Crippen molar-refractivity contribution in [1.82, 2.24) is 0 Å². The number of nitrogens with zero attached hydrogens (tertiary/aromatic N) is 1. The lowest BCUT2D eigenvalue weighted by molar-refractivity contribution is -0.118. The standard InChI is InChI=1S/C16H24N2O3S/c1-4-16(19)18-9-5-6-13-7-8-14(10-15(13)18)17-22(20,21)11-12(2)3/h7-8,10,12,17H,4-6,9,11H2,1-3H3. The van der Waals surface area contributed by atoms with Crippen LogP contribution in [-0.2, 0) is 21.2 Å². The van der Waals surface area contributed by atoms with E-state index >= 15 is 0 Å². The first kappa shape index (κ1) is 16.8. The quantitative estimate of drug-likeness (QED) is 0.905. The van der Waals surface area contributed by atoms with Gasteiger partial charge >= 0.3 is 0 Å². The highest BCUT2D eigenvalue weighted by atomic mass is 32.2. The van der Waals surface area contributed by atoms with Gasteiger partial charge in [-0.2, -0.15) is 0 Å². The number of amides is 1. The molecule has 0 unspecified atom stereocenters. The smallest absolute Gasteiger partial charge is 0.232 e. The summed E-state index contributed by atoms with van der Waals surface area (Å²) in [5.41, 5.74) is 2.46. The molecule has 1 aromatic rings. The molecule has 1 aromatic carbocycles. The summed E-state index contributed by atoms with van der Waals surface area (Å²) in [5.74, 6) is 0.221. The first-order valence-corrected chi connectivity index (χ1v) is 9.41. The van der Waals surface area contributed by atoms with Crippen LogP contribution in [0.3, 0.4) is 0 Å². The minimum absolute atomic E-state index is 0.0632. The number of sulfonamides is 1. The molecule has 1 N–H and O–H groups in total. The van der Waals surface area contributed by atoms with Crippen molar-refractivity contribution < 1.29 is 13.2 Å². The molecule has 22 heavy (non-hydrogen) atoms. The summed E-state index contributed by atoms with van der Waals surface area (Å²) >= 11 is 0. The largest absolute Gasteiger partial charge is 0.312 e. The van der Waals surface area contributed by atoms with Gasteiger partial charge in [-0.3, -0.25) is 9.52 Å². The van der Waals surface area contributed by atoms with E-state index in [1.54, 1.807) is 17.0 Å². The Labute approximate surface area is 132 Å². The van der Waals surface area contributed by atoms with E-state index in [4.69, 9.17) is 0 Å². The molecule has 0 saturated heterocycles. The van der Waals surface area contributed by atoms with Crippen molar-refractivity contribution in [1.29, 1.82) is 0 Å². The van der Waals surface area contributed by atoms with Crippen LogP contribution in [0.5, 0.6) is 0 Å². The fourth-order valence-corrected chi connectivity index (χ4v) is 4.20. The predicted octanol–water partition coefficient (Wildman–Crippen LogP) is 2.77. The highest BCUT2D eigenvalue weighted by Gasteiger charge is 2.22. The van der Waals surface area contributed by atoms with Crippen LogP contribution < -0.4 is 9.62 Å². The van der Waals surface area contributed by atoms with E-state index in [9.17, 15) is 13.2 Å². The van der Waals surface area contributed by atoms with Gasteiger partial charge in [0.25, 0.3) is 0 Å². The van der Waals surface area contributed by atoms with Gasteiger partial charge in [0.1, 0.15) is 0 Å². The second kappa shape index (κ2) is 6.69. The van der Waals surface area contributed by atoms with E-state index in [-0.39, 0.29) is 17.6 Å². The summed E-state index contributed by atoms with van der Waals surface area (Å²) in [4.78, 5) is 13.8.